The maximum atomic E-state index is 2.42. The molecule has 1 heteroatoms. The highest BCUT2D eigenvalue weighted by Gasteiger charge is 2.35. The summed E-state index contributed by atoms with van der Waals surface area (Å²) in [6, 6.07) is 55.4. The standard InChI is InChI=1S/C41H31N/c1-41(2)39-18-9-8-16-37(39)38-26-30-21-24-34(25-31(30)27-40(38)41)42(32-13-4-3-5-14-32)33-22-19-29(20-23-33)36-17-10-12-28-11-6-7-15-35(28)36/h3-27H,1-2H3. The van der Waals surface area contributed by atoms with Gasteiger partial charge in [0.2, 0.25) is 0 Å². The zero-order chi connectivity index (χ0) is 28.3. The summed E-state index contributed by atoms with van der Waals surface area (Å²) in [5.41, 5.74) is 11.4. The first-order valence-electron chi connectivity index (χ1n) is 14.7. The van der Waals surface area contributed by atoms with Crippen molar-refractivity contribution in [2.45, 2.75) is 19.3 Å². The molecule has 0 atom stereocenters. The molecule has 0 unspecified atom stereocenters. The molecule has 0 aromatic heterocycles. The number of fused-ring (bicyclic) bond motifs is 5. The van der Waals surface area contributed by atoms with Crippen molar-refractivity contribution in [2.24, 2.45) is 0 Å². The summed E-state index contributed by atoms with van der Waals surface area (Å²) >= 11 is 0. The van der Waals surface area contributed by atoms with E-state index in [0.717, 1.165) is 17.1 Å². The van der Waals surface area contributed by atoms with Crippen molar-refractivity contribution in [2.75, 3.05) is 4.90 Å². The van der Waals surface area contributed by atoms with Gasteiger partial charge in [0.1, 0.15) is 0 Å². The van der Waals surface area contributed by atoms with Gasteiger partial charge in [-0.2, -0.15) is 0 Å². The Labute approximate surface area is 247 Å². The molecule has 7 aromatic carbocycles. The molecule has 0 spiro atoms. The van der Waals surface area contributed by atoms with Gasteiger partial charge in [0.05, 0.1) is 0 Å². The van der Waals surface area contributed by atoms with E-state index in [-0.39, 0.29) is 5.41 Å². The lowest BCUT2D eigenvalue weighted by Gasteiger charge is -2.26. The molecule has 0 aliphatic heterocycles. The largest absolute Gasteiger partial charge is 0.310 e. The lowest BCUT2D eigenvalue weighted by molar-refractivity contribution is 0.661. The number of para-hydroxylation sites is 1. The summed E-state index contributed by atoms with van der Waals surface area (Å²) in [7, 11) is 0. The van der Waals surface area contributed by atoms with Crippen molar-refractivity contribution in [1.82, 2.24) is 0 Å². The average molecular weight is 538 g/mol. The summed E-state index contributed by atoms with van der Waals surface area (Å²) in [4.78, 5) is 2.36. The van der Waals surface area contributed by atoms with Crippen LogP contribution in [0.5, 0.6) is 0 Å². The van der Waals surface area contributed by atoms with E-state index in [4.69, 9.17) is 0 Å². The van der Waals surface area contributed by atoms with E-state index in [1.807, 2.05) is 0 Å². The molecular formula is C41H31N. The SMILES string of the molecule is CC1(C)c2ccccc2-c2cc3ccc(N(c4ccccc4)c4ccc(-c5cccc6ccccc56)cc4)cc3cc21. The minimum Gasteiger partial charge on any atom is -0.310 e. The van der Waals surface area contributed by atoms with E-state index < -0.39 is 0 Å². The summed E-state index contributed by atoms with van der Waals surface area (Å²) in [5.74, 6) is 0. The van der Waals surface area contributed by atoms with Gasteiger partial charge >= 0.3 is 0 Å². The Morgan fingerprint density at radius 2 is 1.07 bits per heavy atom. The zero-order valence-electron chi connectivity index (χ0n) is 23.9. The van der Waals surface area contributed by atoms with Gasteiger partial charge < -0.3 is 4.90 Å². The molecule has 42 heavy (non-hydrogen) atoms. The van der Waals surface area contributed by atoms with Crippen LogP contribution in [0.1, 0.15) is 25.0 Å². The summed E-state index contributed by atoms with van der Waals surface area (Å²) in [5, 5.41) is 5.07. The molecule has 0 radical (unpaired) electrons. The van der Waals surface area contributed by atoms with E-state index in [1.165, 1.54) is 54.9 Å². The maximum Gasteiger partial charge on any atom is 0.0468 e. The molecule has 8 rings (SSSR count). The molecule has 0 saturated heterocycles. The van der Waals surface area contributed by atoms with Crippen LogP contribution in [-0.2, 0) is 5.41 Å². The number of anilines is 3. The van der Waals surface area contributed by atoms with E-state index >= 15 is 0 Å². The van der Waals surface area contributed by atoms with Gasteiger partial charge in [-0.25, -0.2) is 0 Å². The molecule has 7 aromatic rings. The molecule has 0 heterocycles. The normalized spacial score (nSPS) is 13.2. The Hall–Kier alpha value is -5.14. The van der Waals surface area contributed by atoms with E-state index in [1.54, 1.807) is 0 Å². The fourth-order valence-electron chi connectivity index (χ4n) is 6.86. The molecular weight excluding hydrogens is 506 g/mol. The lowest BCUT2D eigenvalue weighted by atomic mass is 9.82. The molecule has 1 nitrogen and oxygen atoms in total. The lowest BCUT2D eigenvalue weighted by Crippen LogP contribution is -2.14. The van der Waals surface area contributed by atoms with Crippen LogP contribution in [0.3, 0.4) is 0 Å². The monoisotopic (exact) mass is 537 g/mol. The van der Waals surface area contributed by atoms with Gasteiger partial charge in [0.25, 0.3) is 0 Å². The van der Waals surface area contributed by atoms with Crippen molar-refractivity contribution < 1.29 is 0 Å². The highest BCUT2D eigenvalue weighted by molar-refractivity contribution is 5.98. The predicted octanol–water partition coefficient (Wildman–Crippen LogP) is 11.4. The van der Waals surface area contributed by atoms with Gasteiger partial charge in [0.15, 0.2) is 0 Å². The number of benzene rings is 7. The Balaban J connectivity index is 1.24. The molecule has 0 amide bonds. The predicted molar refractivity (Wildman–Crippen MR) is 179 cm³/mol. The van der Waals surface area contributed by atoms with Gasteiger partial charge in [-0.1, -0.05) is 117 Å². The van der Waals surface area contributed by atoms with Crippen LogP contribution in [0.15, 0.2) is 152 Å². The molecule has 0 bridgehead atoms. The average Bonchev–Trinajstić information content (AvgIpc) is 3.26. The number of nitrogens with zero attached hydrogens (tertiary/aromatic N) is 1. The first-order chi connectivity index (χ1) is 20.6. The van der Waals surface area contributed by atoms with Crippen LogP contribution in [0.2, 0.25) is 0 Å². The van der Waals surface area contributed by atoms with Crippen molar-refractivity contribution in [3.05, 3.63) is 163 Å². The minimum atomic E-state index is -0.0212. The van der Waals surface area contributed by atoms with Crippen molar-refractivity contribution in [3.8, 4) is 22.3 Å². The Morgan fingerprint density at radius 1 is 0.405 bits per heavy atom. The molecule has 200 valence electrons. The molecule has 1 aliphatic rings. The Bertz CT molecular complexity index is 2100. The van der Waals surface area contributed by atoms with Gasteiger partial charge in [0, 0.05) is 22.5 Å². The number of hydrogen-bond donors (Lipinski definition) is 0. The second-order valence-electron chi connectivity index (χ2n) is 11.8. The topological polar surface area (TPSA) is 3.24 Å². The Morgan fingerprint density at radius 3 is 1.93 bits per heavy atom. The summed E-state index contributed by atoms with van der Waals surface area (Å²) in [6.45, 7) is 4.70. The highest BCUT2D eigenvalue weighted by atomic mass is 15.1. The van der Waals surface area contributed by atoms with Crippen molar-refractivity contribution in [3.63, 3.8) is 0 Å². The first-order valence-corrected chi connectivity index (χ1v) is 14.7. The molecule has 0 fully saturated rings. The van der Waals surface area contributed by atoms with Crippen LogP contribution in [-0.4, -0.2) is 0 Å². The third-order valence-electron chi connectivity index (χ3n) is 9.02. The van der Waals surface area contributed by atoms with Gasteiger partial charge in [-0.15, -0.1) is 0 Å². The smallest absolute Gasteiger partial charge is 0.0468 e. The number of rotatable bonds is 4. The van der Waals surface area contributed by atoms with Crippen molar-refractivity contribution >= 4 is 38.6 Å². The zero-order valence-corrected chi connectivity index (χ0v) is 23.9. The number of hydrogen-bond acceptors (Lipinski definition) is 1. The van der Waals surface area contributed by atoms with Crippen LogP contribution in [0.25, 0.3) is 43.8 Å². The quantitative estimate of drug-likeness (QED) is 0.216. The third kappa shape index (κ3) is 3.85. The highest BCUT2D eigenvalue weighted by Crippen LogP contribution is 2.50. The fraction of sp³-hybridized carbons (Fsp3) is 0.0732. The molecule has 1 aliphatic carbocycles. The summed E-state index contributed by atoms with van der Waals surface area (Å²) in [6.07, 6.45) is 0. The summed E-state index contributed by atoms with van der Waals surface area (Å²) < 4.78 is 0. The van der Waals surface area contributed by atoms with Crippen LogP contribution < -0.4 is 4.90 Å². The van der Waals surface area contributed by atoms with Crippen LogP contribution >= 0.6 is 0 Å². The first kappa shape index (κ1) is 24.6. The van der Waals surface area contributed by atoms with Gasteiger partial charge in [-0.3, -0.25) is 0 Å². The van der Waals surface area contributed by atoms with E-state index in [0.29, 0.717) is 0 Å². The Kier molecular flexibility index (Phi) is 5.55. The van der Waals surface area contributed by atoms with E-state index in [2.05, 4.69) is 170 Å². The van der Waals surface area contributed by atoms with E-state index in [9.17, 15) is 0 Å². The van der Waals surface area contributed by atoms with Gasteiger partial charge in [-0.05, 0) is 103 Å². The fourth-order valence-corrected chi connectivity index (χ4v) is 6.86. The molecule has 0 N–H and O–H groups in total. The minimum absolute atomic E-state index is 0.0212. The third-order valence-corrected chi connectivity index (χ3v) is 9.02. The van der Waals surface area contributed by atoms with Crippen molar-refractivity contribution in [1.29, 1.82) is 0 Å². The second-order valence-corrected chi connectivity index (χ2v) is 11.8. The van der Waals surface area contributed by atoms with Crippen LogP contribution in [0, 0.1) is 0 Å². The maximum absolute atomic E-state index is 2.42. The molecule has 0 saturated carbocycles. The van der Waals surface area contributed by atoms with Crippen LogP contribution in [0.4, 0.5) is 17.1 Å². The second kappa shape index (κ2) is 9.46.